The molecule has 1 aromatic rings. The number of Topliss-reactive ketones (excluding diaryl/α,β-unsaturated/α-hetero) is 1. The number of aliphatic hydroxyl groups is 3. The maximum atomic E-state index is 13.2. The van der Waals surface area contributed by atoms with Crippen molar-refractivity contribution in [1.82, 2.24) is 0 Å². The van der Waals surface area contributed by atoms with Gasteiger partial charge in [0.15, 0.2) is 5.78 Å². The van der Waals surface area contributed by atoms with E-state index >= 15 is 0 Å². The largest absolute Gasteiger partial charge is 0.457 e. The van der Waals surface area contributed by atoms with Gasteiger partial charge in [-0.25, -0.2) is 0 Å². The second-order valence-electron chi connectivity index (χ2n) is 12.1. The van der Waals surface area contributed by atoms with Crippen molar-refractivity contribution in [2.45, 2.75) is 69.8 Å². The molecule has 5 rings (SSSR count). The lowest BCUT2D eigenvalue weighted by Gasteiger charge is -2.50. The van der Waals surface area contributed by atoms with Gasteiger partial charge in [0.2, 0.25) is 0 Å². The number of hydrogen-bond acceptors (Lipinski definition) is 7. The summed E-state index contributed by atoms with van der Waals surface area (Å²) in [6, 6.07) is 8.73. The summed E-state index contributed by atoms with van der Waals surface area (Å²) >= 11 is 0. The van der Waals surface area contributed by atoms with Crippen molar-refractivity contribution in [3.63, 3.8) is 0 Å². The summed E-state index contributed by atoms with van der Waals surface area (Å²) in [6.45, 7) is 7.27. The average Bonchev–Trinajstić information content (AvgIpc) is 3.23. The molecule has 36 heavy (non-hydrogen) atoms. The van der Waals surface area contributed by atoms with E-state index in [4.69, 9.17) is 10.5 Å². The Balaban J connectivity index is 1.50. The first kappa shape index (κ1) is 25.3. The van der Waals surface area contributed by atoms with Crippen LogP contribution in [0, 0.1) is 29.1 Å². The predicted molar refractivity (Wildman–Crippen MR) is 133 cm³/mol. The van der Waals surface area contributed by atoms with E-state index in [1.165, 1.54) is 0 Å². The van der Waals surface area contributed by atoms with Gasteiger partial charge in [-0.3, -0.25) is 9.59 Å². The van der Waals surface area contributed by atoms with Crippen LogP contribution in [0.1, 0.15) is 46.1 Å². The number of ether oxygens (including phenoxy) is 1. The highest BCUT2D eigenvalue weighted by molar-refractivity contribution is 6.04. The highest BCUT2D eigenvalue weighted by Crippen LogP contribution is 2.76. The normalized spacial score (nSPS) is 41.2. The summed E-state index contributed by atoms with van der Waals surface area (Å²) in [5.41, 5.74) is 3.59. The van der Waals surface area contributed by atoms with Crippen molar-refractivity contribution in [2.24, 2.45) is 34.8 Å². The van der Waals surface area contributed by atoms with E-state index in [2.05, 4.69) is 0 Å². The molecule has 0 amide bonds. The van der Waals surface area contributed by atoms with Gasteiger partial charge in [0.1, 0.15) is 17.2 Å². The smallest absolute Gasteiger partial charge is 0.323 e. The van der Waals surface area contributed by atoms with Gasteiger partial charge in [-0.05, 0) is 42.4 Å². The number of rotatable bonds is 5. The van der Waals surface area contributed by atoms with Crippen LogP contribution < -0.4 is 5.73 Å². The molecule has 0 saturated heterocycles. The van der Waals surface area contributed by atoms with Gasteiger partial charge in [-0.1, -0.05) is 63.3 Å². The Morgan fingerprint density at radius 2 is 1.86 bits per heavy atom. The zero-order valence-electron chi connectivity index (χ0n) is 21.4. The lowest BCUT2D eigenvalue weighted by molar-refractivity contribution is -0.187. The van der Waals surface area contributed by atoms with Crippen molar-refractivity contribution >= 4 is 11.8 Å². The molecule has 8 atom stereocenters. The lowest BCUT2D eigenvalue weighted by atomic mass is 9.60. The zero-order chi connectivity index (χ0) is 26.3. The van der Waals surface area contributed by atoms with Gasteiger partial charge < -0.3 is 25.8 Å². The number of esters is 1. The predicted octanol–water partition coefficient (Wildman–Crippen LogP) is 2.08. The van der Waals surface area contributed by atoms with E-state index in [9.17, 15) is 24.9 Å². The van der Waals surface area contributed by atoms with Crippen LogP contribution in [0.2, 0.25) is 0 Å². The molecule has 0 radical (unpaired) electrons. The molecule has 4 aliphatic carbocycles. The van der Waals surface area contributed by atoms with Crippen LogP contribution in [0.4, 0.5) is 0 Å². The summed E-state index contributed by atoms with van der Waals surface area (Å²) in [5, 5.41) is 34.1. The summed E-state index contributed by atoms with van der Waals surface area (Å²) < 4.78 is 6.24. The molecular weight excluding hydrogens is 458 g/mol. The fraction of sp³-hybridized carbons (Fsp3) is 0.586. The fourth-order valence-electron chi connectivity index (χ4n) is 7.80. The summed E-state index contributed by atoms with van der Waals surface area (Å²) in [4.78, 5) is 26.3. The quantitative estimate of drug-likeness (QED) is 0.363. The molecule has 2 saturated carbocycles. The van der Waals surface area contributed by atoms with E-state index in [1.807, 2.05) is 57.2 Å². The summed E-state index contributed by atoms with van der Waals surface area (Å²) in [6.07, 6.45) is 4.24. The first-order chi connectivity index (χ1) is 16.8. The van der Waals surface area contributed by atoms with Crippen molar-refractivity contribution in [1.29, 1.82) is 0 Å². The molecular formula is C29H37NO6. The third-order valence-electron chi connectivity index (χ3n) is 9.76. The third kappa shape index (κ3) is 3.26. The van der Waals surface area contributed by atoms with Crippen molar-refractivity contribution in [3.8, 4) is 0 Å². The molecule has 5 N–H and O–H groups in total. The molecule has 7 nitrogen and oxygen atoms in total. The van der Waals surface area contributed by atoms with Gasteiger partial charge in [-0.15, -0.1) is 0 Å². The third-order valence-corrected chi connectivity index (χ3v) is 9.76. The van der Waals surface area contributed by atoms with Crippen LogP contribution in [0.25, 0.3) is 0 Å². The van der Waals surface area contributed by atoms with Crippen LogP contribution >= 0.6 is 0 Å². The topological polar surface area (TPSA) is 130 Å². The maximum absolute atomic E-state index is 13.2. The molecule has 0 bridgehead atoms. The minimum absolute atomic E-state index is 0.0335. The molecule has 0 aliphatic heterocycles. The Hall–Kier alpha value is -2.32. The Bertz CT molecular complexity index is 1160. The van der Waals surface area contributed by atoms with Crippen LogP contribution in [0.15, 0.2) is 53.6 Å². The van der Waals surface area contributed by atoms with Crippen molar-refractivity contribution in [2.75, 3.05) is 6.61 Å². The highest BCUT2D eigenvalue weighted by Gasteiger charge is 2.83. The highest BCUT2D eigenvalue weighted by atomic mass is 16.6. The van der Waals surface area contributed by atoms with Gasteiger partial charge in [0.05, 0.1) is 12.2 Å². The Morgan fingerprint density at radius 1 is 1.19 bits per heavy atom. The molecule has 2 fully saturated rings. The molecule has 1 aromatic carbocycles. The zero-order valence-corrected chi connectivity index (χ0v) is 21.4. The second-order valence-corrected chi connectivity index (χ2v) is 12.1. The van der Waals surface area contributed by atoms with Crippen molar-refractivity contribution < 1.29 is 29.6 Å². The Morgan fingerprint density at radius 3 is 2.50 bits per heavy atom. The monoisotopic (exact) mass is 495 g/mol. The van der Waals surface area contributed by atoms with Crippen LogP contribution in [0.3, 0.4) is 0 Å². The SMILES string of the molecule is CC1=C[C@H]2[C@@]3(O)[C@H](C)C[C@]4(OC(=O)[C@@H](N)Cc5ccccc5)[C@H]([C@@H]3C=C(CO)C[C@]2(O)C1=O)C4(C)C. The van der Waals surface area contributed by atoms with E-state index < -0.39 is 57.8 Å². The summed E-state index contributed by atoms with van der Waals surface area (Å²) in [7, 11) is 0. The standard InChI is InChI=1S/C29H37NO6/c1-16-10-22-27(34,24(16)32)14-19(15-31)11-20-23-26(3,4)28(23,13-17(2)29(20,22)35)36-25(33)21(30)12-18-8-6-5-7-9-18/h5-11,17,20-23,31,34-35H,12-15,30H2,1-4H3/t17-,20+,21+,22-,23-,27-,28+,29-/m1/s1. The maximum Gasteiger partial charge on any atom is 0.323 e. The van der Waals surface area contributed by atoms with Gasteiger partial charge in [0.25, 0.3) is 0 Å². The molecule has 0 heterocycles. The molecule has 4 aliphatic rings. The van der Waals surface area contributed by atoms with Gasteiger partial charge in [0, 0.05) is 29.6 Å². The minimum atomic E-state index is -1.80. The van der Waals surface area contributed by atoms with Crippen LogP contribution in [-0.4, -0.2) is 56.5 Å². The Labute approximate surface area is 212 Å². The number of fused-ring (bicyclic) bond motifs is 5. The molecule has 0 unspecified atom stereocenters. The number of ketones is 1. The van der Waals surface area contributed by atoms with E-state index in [0.29, 0.717) is 24.0 Å². The molecule has 0 aromatic heterocycles. The number of hydrogen-bond donors (Lipinski definition) is 4. The average molecular weight is 496 g/mol. The van der Waals surface area contributed by atoms with Gasteiger partial charge >= 0.3 is 5.97 Å². The lowest BCUT2D eigenvalue weighted by Crippen LogP contribution is -2.61. The number of carbonyl (C=O) groups is 2. The van der Waals surface area contributed by atoms with Crippen molar-refractivity contribution in [3.05, 3.63) is 59.2 Å². The van der Waals surface area contributed by atoms with E-state index in [-0.39, 0.29) is 18.9 Å². The van der Waals surface area contributed by atoms with Gasteiger partial charge in [-0.2, -0.15) is 0 Å². The number of carbonyl (C=O) groups excluding carboxylic acids is 2. The Kier molecular flexibility index (Phi) is 5.69. The minimum Gasteiger partial charge on any atom is -0.457 e. The molecule has 194 valence electrons. The first-order valence-corrected chi connectivity index (χ1v) is 12.8. The number of aliphatic hydroxyl groups excluding tert-OH is 1. The number of benzene rings is 1. The number of nitrogens with two attached hydrogens (primary N) is 1. The summed E-state index contributed by atoms with van der Waals surface area (Å²) in [5.74, 6) is -2.88. The molecule has 7 heteroatoms. The van der Waals surface area contributed by atoms with Crippen LogP contribution in [-0.2, 0) is 20.7 Å². The van der Waals surface area contributed by atoms with E-state index in [1.54, 1.807) is 13.0 Å². The first-order valence-electron chi connectivity index (χ1n) is 12.8. The van der Waals surface area contributed by atoms with Crippen LogP contribution in [0.5, 0.6) is 0 Å². The second kappa shape index (κ2) is 8.09. The fourth-order valence-corrected chi connectivity index (χ4v) is 7.80. The van der Waals surface area contributed by atoms with E-state index in [0.717, 1.165) is 5.56 Å². The molecule has 0 spiro atoms.